The van der Waals surface area contributed by atoms with E-state index in [1.807, 2.05) is 20.8 Å². The number of ether oxygens (including phenoxy) is 1. The Bertz CT molecular complexity index is 739. The second kappa shape index (κ2) is 7.24. The van der Waals surface area contributed by atoms with Gasteiger partial charge in [0.25, 0.3) is 0 Å². The fourth-order valence-electron chi connectivity index (χ4n) is 3.98. The summed E-state index contributed by atoms with van der Waals surface area (Å²) in [4.78, 5) is 15.7. The van der Waals surface area contributed by atoms with Crippen molar-refractivity contribution in [1.82, 2.24) is 15.1 Å². The van der Waals surface area contributed by atoms with Gasteiger partial charge in [0.2, 0.25) is 0 Å². The van der Waals surface area contributed by atoms with Crippen molar-refractivity contribution in [1.29, 1.82) is 0 Å². The normalized spacial score (nSPS) is 25.0. The molecule has 28 heavy (non-hydrogen) atoms. The fraction of sp³-hybridized carbons (Fsp3) is 0.722. The van der Waals surface area contributed by atoms with Crippen LogP contribution >= 0.6 is 11.6 Å². The maximum Gasteiger partial charge on any atom is 0.419 e. The molecule has 0 aromatic carbocycles. The zero-order chi connectivity index (χ0) is 20.9. The van der Waals surface area contributed by atoms with Gasteiger partial charge in [-0.3, -0.25) is 0 Å². The smallest absolute Gasteiger partial charge is 0.419 e. The van der Waals surface area contributed by atoms with E-state index in [0.29, 0.717) is 24.9 Å². The van der Waals surface area contributed by atoms with Gasteiger partial charge in [0.15, 0.2) is 11.0 Å². The maximum absolute atomic E-state index is 13.1. The Morgan fingerprint density at radius 1 is 1.21 bits per heavy atom. The van der Waals surface area contributed by atoms with Crippen molar-refractivity contribution in [2.45, 2.75) is 51.4 Å². The standard InChI is InChI=1S/C18H24ClF3N4O2/c1-17(2,3)28-16(27)26-8-10-5-12(6-11(10)9-26)25(4)14-7-13(18(20,21)22)15(19)24-23-14/h7,10-12H,5-6,8-9H2,1-4H3/t10-,11+,12?. The molecule has 1 saturated heterocycles. The van der Waals surface area contributed by atoms with Crippen LogP contribution in [0.15, 0.2) is 6.07 Å². The van der Waals surface area contributed by atoms with Crippen molar-refractivity contribution in [2.75, 3.05) is 25.0 Å². The summed E-state index contributed by atoms with van der Waals surface area (Å²) in [5, 5.41) is 6.65. The van der Waals surface area contributed by atoms with Crippen molar-refractivity contribution in [2.24, 2.45) is 11.8 Å². The summed E-state index contributed by atoms with van der Waals surface area (Å²) in [6.07, 6.45) is -3.36. The number of aromatic nitrogens is 2. The Morgan fingerprint density at radius 3 is 2.29 bits per heavy atom. The molecule has 0 radical (unpaired) electrons. The van der Waals surface area contributed by atoms with Crippen molar-refractivity contribution < 1.29 is 22.7 Å². The van der Waals surface area contributed by atoms with E-state index in [2.05, 4.69) is 10.2 Å². The number of hydrogen-bond acceptors (Lipinski definition) is 5. The third kappa shape index (κ3) is 4.45. The summed E-state index contributed by atoms with van der Waals surface area (Å²) in [6.45, 7) is 6.69. The molecule has 156 valence electrons. The zero-order valence-corrected chi connectivity index (χ0v) is 17.0. The lowest BCUT2D eigenvalue weighted by Crippen LogP contribution is -2.37. The lowest BCUT2D eigenvalue weighted by atomic mass is 10.0. The fourth-order valence-corrected chi connectivity index (χ4v) is 4.18. The van der Waals surface area contributed by atoms with Gasteiger partial charge >= 0.3 is 12.3 Å². The molecule has 2 fully saturated rings. The van der Waals surface area contributed by atoms with Crippen LogP contribution in [0.1, 0.15) is 39.2 Å². The molecule has 1 amide bonds. The molecule has 3 atom stereocenters. The molecular formula is C18H24ClF3N4O2. The highest BCUT2D eigenvalue weighted by Gasteiger charge is 2.45. The maximum atomic E-state index is 13.1. The number of hydrogen-bond donors (Lipinski definition) is 0. The van der Waals surface area contributed by atoms with Gasteiger partial charge in [-0.25, -0.2) is 4.79 Å². The summed E-state index contributed by atoms with van der Waals surface area (Å²) < 4.78 is 44.6. The van der Waals surface area contributed by atoms with E-state index in [1.165, 1.54) is 0 Å². The molecule has 1 aromatic heterocycles. The first kappa shape index (κ1) is 21.0. The van der Waals surface area contributed by atoms with E-state index in [-0.39, 0.29) is 18.0 Å². The lowest BCUT2D eigenvalue weighted by Gasteiger charge is -2.28. The number of carbonyl (C=O) groups is 1. The van der Waals surface area contributed by atoms with Crippen LogP contribution < -0.4 is 4.90 Å². The predicted molar refractivity (Wildman–Crippen MR) is 98.3 cm³/mol. The quantitative estimate of drug-likeness (QED) is 0.716. The molecule has 10 heteroatoms. The average molecular weight is 421 g/mol. The second-order valence-corrected chi connectivity index (χ2v) is 8.90. The number of fused-ring (bicyclic) bond motifs is 1. The average Bonchev–Trinajstić information content (AvgIpc) is 3.10. The minimum atomic E-state index is -4.58. The molecule has 1 saturated carbocycles. The summed E-state index contributed by atoms with van der Waals surface area (Å²) in [6, 6.07) is 0.975. The second-order valence-electron chi connectivity index (χ2n) is 8.55. The molecule has 1 aliphatic carbocycles. The monoisotopic (exact) mass is 420 g/mol. The van der Waals surface area contributed by atoms with Crippen molar-refractivity contribution in [3.05, 3.63) is 16.8 Å². The van der Waals surface area contributed by atoms with Gasteiger partial charge in [0.05, 0.1) is 5.56 Å². The first-order valence-corrected chi connectivity index (χ1v) is 9.54. The van der Waals surface area contributed by atoms with Gasteiger partial charge in [0.1, 0.15) is 5.60 Å². The molecule has 1 unspecified atom stereocenters. The summed E-state index contributed by atoms with van der Waals surface area (Å²) >= 11 is 5.55. The number of halogens is 4. The van der Waals surface area contributed by atoms with Crippen LogP contribution in [-0.4, -0.2) is 53.0 Å². The van der Waals surface area contributed by atoms with E-state index < -0.39 is 22.5 Å². The first-order valence-electron chi connectivity index (χ1n) is 9.16. The first-order chi connectivity index (χ1) is 12.8. The third-order valence-electron chi connectivity index (χ3n) is 5.33. The molecular weight excluding hydrogens is 397 g/mol. The SMILES string of the molecule is CN(c1cc(C(F)(F)F)c(Cl)nn1)C1C[C@@H]2CN(C(=O)OC(C)(C)C)C[C@@H]2C1. The van der Waals surface area contributed by atoms with E-state index in [4.69, 9.17) is 16.3 Å². The van der Waals surface area contributed by atoms with E-state index in [9.17, 15) is 18.0 Å². The Labute approximate surface area is 167 Å². The Kier molecular flexibility index (Phi) is 5.42. The van der Waals surface area contributed by atoms with Crippen LogP contribution in [0.3, 0.4) is 0 Å². The van der Waals surface area contributed by atoms with Crippen molar-refractivity contribution >= 4 is 23.5 Å². The van der Waals surface area contributed by atoms with Crippen LogP contribution in [0.2, 0.25) is 5.15 Å². The van der Waals surface area contributed by atoms with Gasteiger partial charge in [-0.2, -0.15) is 13.2 Å². The molecule has 0 bridgehead atoms. The Hall–Kier alpha value is -1.77. The topological polar surface area (TPSA) is 58.6 Å². The van der Waals surface area contributed by atoms with Gasteiger partial charge in [0, 0.05) is 26.2 Å². The molecule has 6 nitrogen and oxygen atoms in total. The lowest BCUT2D eigenvalue weighted by molar-refractivity contribution is -0.137. The minimum Gasteiger partial charge on any atom is -0.444 e. The van der Waals surface area contributed by atoms with Crippen LogP contribution in [0.4, 0.5) is 23.8 Å². The number of anilines is 1. The van der Waals surface area contributed by atoms with E-state index in [0.717, 1.165) is 18.9 Å². The van der Waals surface area contributed by atoms with Gasteiger partial charge in [-0.05, 0) is 51.5 Å². The third-order valence-corrected chi connectivity index (χ3v) is 5.61. The van der Waals surface area contributed by atoms with Gasteiger partial charge < -0.3 is 14.5 Å². The molecule has 3 rings (SSSR count). The molecule has 2 heterocycles. The number of nitrogens with zero attached hydrogens (tertiary/aromatic N) is 4. The molecule has 1 aromatic rings. The Morgan fingerprint density at radius 2 is 1.79 bits per heavy atom. The molecule has 1 aliphatic heterocycles. The number of carbonyl (C=O) groups excluding carboxylic acids is 1. The number of alkyl halides is 3. The molecule has 0 N–H and O–H groups in total. The van der Waals surface area contributed by atoms with Crippen LogP contribution in [0, 0.1) is 11.8 Å². The van der Waals surface area contributed by atoms with E-state index in [1.54, 1.807) is 16.8 Å². The highest BCUT2D eigenvalue weighted by Crippen LogP contribution is 2.42. The van der Waals surface area contributed by atoms with Crippen molar-refractivity contribution in [3.8, 4) is 0 Å². The Balaban J connectivity index is 1.64. The molecule has 2 aliphatic rings. The van der Waals surface area contributed by atoms with Crippen molar-refractivity contribution in [3.63, 3.8) is 0 Å². The predicted octanol–water partition coefficient (Wildman–Crippen LogP) is 4.23. The summed E-state index contributed by atoms with van der Waals surface area (Å²) in [5.41, 5.74) is -1.53. The van der Waals surface area contributed by atoms with Gasteiger partial charge in [-0.1, -0.05) is 11.6 Å². The van der Waals surface area contributed by atoms with Crippen LogP contribution in [-0.2, 0) is 10.9 Å². The summed E-state index contributed by atoms with van der Waals surface area (Å²) in [5.74, 6) is 0.732. The van der Waals surface area contributed by atoms with Crippen LogP contribution in [0.5, 0.6) is 0 Å². The number of likely N-dealkylation sites (tertiary alicyclic amines) is 1. The molecule has 0 spiro atoms. The zero-order valence-electron chi connectivity index (χ0n) is 16.3. The van der Waals surface area contributed by atoms with Crippen LogP contribution in [0.25, 0.3) is 0 Å². The highest BCUT2D eigenvalue weighted by atomic mass is 35.5. The summed E-state index contributed by atoms with van der Waals surface area (Å²) in [7, 11) is 1.72. The highest BCUT2D eigenvalue weighted by molar-refractivity contribution is 6.30. The minimum absolute atomic E-state index is 0.0346. The van der Waals surface area contributed by atoms with Gasteiger partial charge in [-0.15, -0.1) is 10.2 Å². The largest absolute Gasteiger partial charge is 0.444 e. The van der Waals surface area contributed by atoms with E-state index >= 15 is 0 Å². The number of rotatable bonds is 2. The number of amides is 1.